The highest BCUT2D eigenvalue weighted by atomic mass is 35.5. The minimum atomic E-state index is -2.53. The average molecular weight is 432 g/mol. The summed E-state index contributed by atoms with van der Waals surface area (Å²) >= 11 is 6.10. The fourth-order valence-electron chi connectivity index (χ4n) is 3.86. The third-order valence-electron chi connectivity index (χ3n) is 5.42. The van der Waals surface area contributed by atoms with Crippen LogP contribution in [0, 0.1) is 5.82 Å². The van der Waals surface area contributed by atoms with Crippen molar-refractivity contribution in [3.63, 3.8) is 0 Å². The lowest BCUT2D eigenvalue weighted by Crippen LogP contribution is -2.40. The average Bonchev–Trinajstić information content (AvgIpc) is 2.73. The molecule has 2 aromatic carbocycles. The maximum atomic E-state index is 14.1. The number of piperidine rings is 1. The zero-order chi connectivity index (χ0) is 21.3. The van der Waals surface area contributed by atoms with Crippen molar-refractivity contribution in [3.8, 4) is 22.3 Å². The number of anilines is 1. The summed E-state index contributed by atoms with van der Waals surface area (Å²) in [5.74, 6) is -0.434. The number of nitrogens with two attached hydrogens (primary N) is 1. The first-order valence-corrected chi connectivity index (χ1v) is 10.1. The summed E-state index contributed by atoms with van der Waals surface area (Å²) in [6.45, 7) is 1.48. The van der Waals surface area contributed by atoms with Crippen molar-refractivity contribution in [2.45, 2.75) is 25.3 Å². The lowest BCUT2D eigenvalue weighted by molar-refractivity contribution is 0.151. The molecule has 1 aliphatic rings. The fourth-order valence-corrected chi connectivity index (χ4v) is 4.08. The van der Waals surface area contributed by atoms with Gasteiger partial charge in [-0.25, -0.2) is 13.2 Å². The van der Waals surface area contributed by atoms with Gasteiger partial charge in [-0.05, 0) is 42.2 Å². The van der Waals surface area contributed by atoms with Crippen LogP contribution < -0.4 is 10.6 Å². The van der Waals surface area contributed by atoms with Crippen molar-refractivity contribution in [2.24, 2.45) is 5.73 Å². The molecule has 30 heavy (non-hydrogen) atoms. The number of aromatic nitrogens is 1. The van der Waals surface area contributed by atoms with Crippen molar-refractivity contribution < 1.29 is 13.2 Å². The van der Waals surface area contributed by atoms with Gasteiger partial charge in [-0.3, -0.25) is 4.98 Å². The summed E-state index contributed by atoms with van der Waals surface area (Å²) in [4.78, 5) is 6.56. The molecule has 0 amide bonds. The number of hydrogen-bond donors (Lipinski definition) is 1. The Morgan fingerprint density at radius 1 is 0.967 bits per heavy atom. The van der Waals surface area contributed by atoms with E-state index in [1.807, 2.05) is 0 Å². The van der Waals surface area contributed by atoms with E-state index in [1.54, 1.807) is 30.6 Å². The first kappa shape index (κ1) is 20.7. The molecule has 0 spiro atoms. The lowest BCUT2D eigenvalue weighted by atomic mass is 9.95. The topological polar surface area (TPSA) is 42.1 Å². The van der Waals surface area contributed by atoms with E-state index in [0.29, 0.717) is 10.6 Å². The van der Waals surface area contributed by atoms with Gasteiger partial charge < -0.3 is 10.6 Å². The second kappa shape index (κ2) is 8.66. The van der Waals surface area contributed by atoms with Gasteiger partial charge in [-0.2, -0.15) is 0 Å². The molecular weight excluding hydrogens is 411 g/mol. The van der Waals surface area contributed by atoms with Crippen molar-refractivity contribution >= 4 is 17.3 Å². The molecule has 0 saturated carbocycles. The number of halogens is 4. The Morgan fingerprint density at radius 2 is 1.60 bits per heavy atom. The Labute approximate surface area is 178 Å². The van der Waals surface area contributed by atoms with Crippen molar-refractivity contribution in [3.05, 3.63) is 71.3 Å². The first-order chi connectivity index (χ1) is 14.4. The van der Waals surface area contributed by atoms with Crippen LogP contribution in [0.25, 0.3) is 22.3 Å². The molecule has 7 heteroatoms. The zero-order valence-electron chi connectivity index (χ0n) is 16.2. The van der Waals surface area contributed by atoms with Crippen LogP contribution >= 0.6 is 11.6 Å². The summed E-state index contributed by atoms with van der Waals surface area (Å²) < 4.78 is 40.1. The van der Waals surface area contributed by atoms with Gasteiger partial charge in [-0.1, -0.05) is 35.9 Å². The van der Waals surface area contributed by atoms with E-state index in [4.69, 9.17) is 17.3 Å². The molecule has 1 fully saturated rings. The molecule has 1 aliphatic heterocycles. The molecule has 0 bridgehead atoms. The van der Waals surface area contributed by atoms with Gasteiger partial charge in [0.25, 0.3) is 6.43 Å². The maximum absolute atomic E-state index is 14.1. The Bertz CT molecular complexity index is 1010. The second-order valence-corrected chi connectivity index (χ2v) is 7.92. The standard InChI is InChI=1S/C23H21ClF3N3/c24-17-9-16(10-18(25)11-17)21-13-29-12-20(14-1-3-15(4-2-14)23(26)27)22(21)30-7-5-19(28)6-8-30/h1-4,9-13,19,23H,5-8,28H2. The number of hydrogen-bond acceptors (Lipinski definition) is 3. The number of benzene rings is 2. The molecule has 2 N–H and O–H groups in total. The molecule has 156 valence electrons. The minimum absolute atomic E-state index is 0.0368. The molecule has 0 atom stereocenters. The SMILES string of the molecule is NC1CCN(c2c(-c3ccc(C(F)F)cc3)cncc2-c2cc(F)cc(Cl)c2)CC1. The molecule has 1 saturated heterocycles. The van der Waals surface area contributed by atoms with Gasteiger partial charge in [0.05, 0.1) is 5.69 Å². The lowest BCUT2D eigenvalue weighted by Gasteiger charge is -2.35. The van der Waals surface area contributed by atoms with E-state index in [2.05, 4.69) is 9.88 Å². The summed E-state index contributed by atoms with van der Waals surface area (Å²) in [5, 5.41) is 0.295. The first-order valence-electron chi connectivity index (χ1n) is 9.76. The van der Waals surface area contributed by atoms with Crippen molar-refractivity contribution in [2.75, 3.05) is 18.0 Å². The van der Waals surface area contributed by atoms with E-state index in [1.165, 1.54) is 24.3 Å². The van der Waals surface area contributed by atoms with E-state index >= 15 is 0 Å². The predicted molar refractivity (Wildman–Crippen MR) is 114 cm³/mol. The molecule has 0 unspecified atom stereocenters. The van der Waals surface area contributed by atoms with Gasteiger partial charge in [0.2, 0.25) is 0 Å². The molecule has 2 heterocycles. The summed E-state index contributed by atoms with van der Waals surface area (Å²) in [7, 11) is 0. The van der Waals surface area contributed by atoms with Crippen molar-refractivity contribution in [1.29, 1.82) is 0 Å². The van der Waals surface area contributed by atoms with Crippen LogP contribution in [0.3, 0.4) is 0 Å². The fraction of sp³-hybridized carbons (Fsp3) is 0.261. The van der Waals surface area contributed by atoms with Crippen LogP contribution in [0.15, 0.2) is 54.9 Å². The van der Waals surface area contributed by atoms with Gasteiger partial charge in [0.15, 0.2) is 0 Å². The van der Waals surface area contributed by atoms with Crippen LogP contribution in [0.4, 0.5) is 18.9 Å². The van der Waals surface area contributed by atoms with Crippen molar-refractivity contribution in [1.82, 2.24) is 4.98 Å². The molecule has 0 radical (unpaired) electrons. The molecule has 1 aromatic heterocycles. The van der Waals surface area contributed by atoms with Crippen LogP contribution in [0.5, 0.6) is 0 Å². The van der Waals surface area contributed by atoms with Gasteiger partial charge in [-0.15, -0.1) is 0 Å². The normalized spacial score (nSPS) is 15.1. The third-order valence-corrected chi connectivity index (χ3v) is 5.64. The van der Waals surface area contributed by atoms with Gasteiger partial charge in [0, 0.05) is 53.2 Å². The van der Waals surface area contributed by atoms with Gasteiger partial charge >= 0.3 is 0 Å². The highest BCUT2D eigenvalue weighted by molar-refractivity contribution is 6.30. The highest BCUT2D eigenvalue weighted by Gasteiger charge is 2.23. The second-order valence-electron chi connectivity index (χ2n) is 7.49. The van der Waals surface area contributed by atoms with Gasteiger partial charge in [0.1, 0.15) is 5.82 Å². The number of nitrogens with zero attached hydrogens (tertiary/aromatic N) is 2. The third kappa shape index (κ3) is 4.30. The molecule has 4 rings (SSSR count). The zero-order valence-corrected chi connectivity index (χ0v) is 16.9. The Balaban J connectivity index is 1.87. The largest absolute Gasteiger partial charge is 0.370 e. The van der Waals surface area contributed by atoms with Crippen LogP contribution in [0.1, 0.15) is 24.8 Å². The molecule has 3 aromatic rings. The number of rotatable bonds is 4. The van der Waals surface area contributed by atoms with E-state index < -0.39 is 12.2 Å². The van der Waals surface area contributed by atoms with E-state index in [9.17, 15) is 13.2 Å². The van der Waals surface area contributed by atoms with E-state index in [-0.39, 0.29) is 11.6 Å². The predicted octanol–water partition coefficient (Wildman–Crippen LogP) is 6.07. The van der Waals surface area contributed by atoms with Crippen LogP contribution in [-0.2, 0) is 0 Å². The maximum Gasteiger partial charge on any atom is 0.263 e. The molecule has 3 nitrogen and oxygen atoms in total. The summed E-state index contributed by atoms with van der Waals surface area (Å²) in [5.41, 5.74) is 9.84. The molecular formula is C23H21ClF3N3. The summed E-state index contributed by atoms with van der Waals surface area (Å²) in [6, 6.07) is 10.7. The Hall–Kier alpha value is -2.57. The Morgan fingerprint density at radius 3 is 2.20 bits per heavy atom. The van der Waals surface area contributed by atoms with Crippen LogP contribution in [0.2, 0.25) is 5.02 Å². The summed E-state index contributed by atoms with van der Waals surface area (Å²) in [6.07, 6.45) is 2.53. The highest BCUT2D eigenvalue weighted by Crippen LogP contribution is 2.41. The molecule has 0 aliphatic carbocycles. The smallest absolute Gasteiger partial charge is 0.263 e. The minimum Gasteiger partial charge on any atom is -0.370 e. The monoisotopic (exact) mass is 431 g/mol. The number of alkyl halides is 2. The van der Waals surface area contributed by atoms with Crippen LogP contribution in [-0.4, -0.2) is 24.1 Å². The quantitative estimate of drug-likeness (QED) is 0.544. The number of pyridine rings is 1. The Kier molecular flexibility index (Phi) is 5.97. The van der Waals surface area contributed by atoms with E-state index in [0.717, 1.165) is 48.3 Å².